The van der Waals surface area contributed by atoms with Gasteiger partial charge in [0, 0.05) is 12.1 Å². The van der Waals surface area contributed by atoms with E-state index in [0.717, 1.165) is 6.42 Å². The minimum atomic E-state index is -0.149. The number of carbonyl (C=O) groups excluding carboxylic acids is 1. The van der Waals surface area contributed by atoms with Gasteiger partial charge in [0.1, 0.15) is 11.5 Å². The number of ether oxygens (including phenoxy) is 1. The summed E-state index contributed by atoms with van der Waals surface area (Å²) >= 11 is 0. The van der Waals surface area contributed by atoms with Crippen molar-refractivity contribution in [3.05, 3.63) is 23.8 Å². The highest BCUT2D eigenvalue weighted by molar-refractivity contribution is 5.77. The first-order valence-electron chi connectivity index (χ1n) is 5.33. The van der Waals surface area contributed by atoms with Crippen LogP contribution in [-0.2, 0) is 4.79 Å². The zero-order valence-electron chi connectivity index (χ0n) is 9.62. The van der Waals surface area contributed by atoms with E-state index in [0.29, 0.717) is 17.9 Å². The molecule has 0 heterocycles. The zero-order chi connectivity index (χ0) is 12.0. The monoisotopic (exact) mass is 223 g/mol. The van der Waals surface area contributed by atoms with Gasteiger partial charge in [-0.05, 0) is 25.5 Å². The van der Waals surface area contributed by atoms with E-state index in [2.05, 4.69) is 5.32 Å². The first-order valence-corrected chi connectivity index (χ1v) is 5.33. The van der Waals surface area contributed by atoms with Gasteiger partial charge in [-0.2, -0.15) is 0 Å². The highest BCUT2D eigenvalue weighted by Gasteiger charge is 2.06. The molecule has 88 valence electrons. The van der Waals surface area contributed by atoms with E-state index in [1.165, 1.54) is 0 Å². The van der Waals surface area contributed by atoms with Crippen LogP contribution in [0.25, 0.3) is 0 Å². The number of phenols is 1. The van der Waals surface area contributed by atoms with Crippen LogP contribution in [0.4, 0.5) is 0 Å². The quantitative estimate of drug-likeness (QED) is 0.797. The Morgan fingerprint density at radius 3 is 2.94 bits per heavy atom. The summed E-state index contributed by atoms with van der Waals surface area (Å²) in [5, 5.41) is 12.1. The Morgan fingerprint density at radius 1 is 1.50 bits per heavy atom. The van der Waals surface area contributed by atoms with E-state index >= 15 is 0 Å². The largest absolute Gasteiger partial charge is 0.508 e. The molecule has 0 saturated heterocycles. The minimum absolute atomic E-state index is 0.0235. The van der Waals surface area contributed by atoms with Gasteiger partial charge in [-0.15, -0.1) is 0 Å². The van der Waals surface area contributed by atoms with E-state index < -0.39 is 0 Å². The van der Waals surface area contributed by atoms with Crippen molar-refractivity contribution in [2.75, 3.05) is 13.2 Å². The lowest BCUT2D eigenvalue weighted by atomic mass is 10.2. The lowest BCUT2D eigenvalue weighted by Crippen LogP contribution is -2.29. The number of hydrogen-bond donors (Lipinski definition) is 2. The third kappa shape index (κ3) is 3.46. The first-order chi connectivity index (χ1) is 7.65. The maximum Gasteiger partial charge on any atom is 0.257 e. The molecule has 2 N–H and O–H groups in total. The molecule has 4 nitrogen and oxygen atoms in total. The van der Waals surface area contributed by atoms with Crippen molar-refractivity contribution < 1.29 is 14.6 Å². The summed E-state index contributed by atoms with van der Waals surface area (Å²) in [6, 6.07) is 4.99. The van der Waals surface area contributed by atoms with E-state index in [4.69, 9.17) is 4.74 Å². The topological polar surface area (TPSA) is 58.6 Å². The van der Waals surface area contributed by atoms with Gasteiger partial charge in [-0.25, -0.2) is 0 Å². The molecule has 0 bridgehead atoms. The summed E-state index contributed by atoms with van der Waals surface area (Å²) in [7, 11) is 0. The Hall–Kier alpha value is -1.71. The van der Waals surface area contributed by atoms with Crippen LogP contribution in [0.3, 0.4) is 0 Å². The third-order valence-corrected chi connectivity index (χ3v) is 2.19. The maximum atomic E-state index is 11.3. The number of benzene rings is 1. The van der Waals surface area contributed by atoms with Crippen molar-refractivity contribution >= 4 is 5.91 Å². The van der Waals surface area contributed by atoms with E-state index in [1.54, 1.807) is 25.1 Å². The number of aromatic hydroxyl groups is 1. The number of hydrogen-bond acceptors (Lipinski definition) is 3. The number of amides is 1. The molecule has 0 aliphatic heterocycles. The van der Waals surface area contributed by atoms with Gasteiger partial charge in [0.05, 0.1) is 0 Å². The van der Waals surface area contributed by atoms with Crippen LogP contribution in [-0.4, -0.2) is 24.2 Å². The number of rotatable bonds is 5. The minimum Gasteiger partial charge on any atom is -0.508 e. The Morgan fingerprint density at radius 2 is 2.25 bits per heavy atom. The molecule has 0 aliphatic carbocycles. The first kappa shape index (κ1) is 12.4. The standard InChI is InChI=1S/C12H17NO3/c1-3-7-13-12(15)8-16-11-6-4-5-10(14)9(11)2/h4-6,14H,3,7-8H2,1-2H3,(H,13,15). The highest BCUT2D eigenvalue weighted by Crippen LogP contribution is 2.25. The van der Waals surface area contributed by atoms with Crippen LogP contribution in [0.2, 0.25) is 0 Å². The van der Waals surface area contributed by atoms with E-state index in [-0.39, 0.29) is 18.3 Å². The van der Waals surface area contributed by atoms with Crippen molar-refractivity contribution in [2.45, 2.75) is 20.3 Å². The summed E-state index contributed by atoms with van der Waals surface area (Å²) in [5.74, 6) is 0.558. The molecule has 0 atom stereocenters. The van der Waals surface area contributed by atoms with Crippen molar-refractivity contribution in [1.82, 2.24) is 5.32 Å². The number of carbonyl (C=O) groups is 1. The fraction of sp³-hybridized carbons (Fsp3) is 0.417. The molecular formula is C12H17NO3. The molecular weight excluding hydrogens is 206 g/mol. The fourth-order valence-corrected chi connectivity index (χ4v) is 1.22. The third-order valence-electron chi connectivity index (χ3n) is 2.19. The molecule has 0 fully saturated rings. The van der Waals surface area contributed by atoms with Crippen molar-refractivity contribution in [3.8, 4) is 11.5 Å². The molecule has 0 aliphatic rings. The van der Waals surface area contributed by atoms with Crippen molar-refractivity contribution in [3.63, 3.8) is 0 Å². The summed E-state index contributed by atoms with van der Waals surface area (Å²) in [6.45, 7) is 4.36. The van der Waals surface area contributed by atoms with Crippen molar-refractivity contribution in [1.29, 1.82) is 0 Å². The summed E-state index contributed by atoms with van der Waals surface area (Å²) in [4.78, 5) is 11.3. The highest BCUT2D eigenvalue weighted by atomic mass is 16.5. The normalized spacial score (nSPS) is 9.88. The fourth-order valence-electron chi connectivity index (χ4n) is 1.22. The van der Waals surface area contributed by atoms with E-state index in [1.807, 2.05) is 6.92 Å². The summed E-state index contributed by atoms with van der Waals surface area (Å²) < 4.78 is 5.30. The Labute approximate surface area is 95.2 Å². The molecule has 0 spiro atoms. The van der Waals surface area contributed by atoms with Gasteiger partial charge < -0.3 is 15.2 Å². The SMILES string of the molecule is CCCNC(=O)COc1cccc(O)c1C. The molecule has 0 aromatic heterocycles. The second-order valence-electron chi connectivity index (χ2n) is 3.54. The predicted octanol–water partition coefficient (Wildman–Crippen LogP) is 1.61. The summed E-state index contributed by atoms with van der Waals surface area (Å²) in [6.07, 6.45) is 0.900. The van der Waals surface area contributed by atoms with E-state index in [9.17, 15) is 9.90 Å². The number of nitrogens with one attached hydrogen (secondary N) is 1. The van der Waals surface area contributed by atoms with Crippen molar-refractivity contribution in [2.24, 2.45) is 0 Å². The smallest absolute Gasteiger partial charge is 0.257 e. The lowest BCUT2D eigenvalue weighted by Gasteiger charge is -2.09. The van der Waals surface area contributed by atoms with Crippen LogP contribution < -0.4 is 10.1 Å². The molecule has 0 saturated carbocycles. The molecule has 16 heavy (non-hydrogen) atoms. The molecule has 0 unspecified atom stereocenters. The average molecular weight is 223 g/mol. The lowest BCUT2D eigenvalue weighted by molar-refractivity contribution is -0.123. The Bertz CT molecular complexity index is 363. The predicted molar refractivity (Wildman–Crippen MR) is 61.6 cm³/mol. The molecule has 1 aromatic rings. The van der Waals surface area contributed by atoms with Crippen LogP contribution in [0.1, 0.15) is 18.9 Å². The van der Waals surface area contributed by atoms with Crippen LogP contribution in [0.15, 0.2) is 18.2 Å². The van der Waals surface area contributed by atoms with Crippen LogP contribution in [0, 0.1) is 6.92 Å². The van der Waals surface area contributed by atoms with Gasteiger partial charge in [0.15, 0.2) is 6.61 Å². The summed E-state index contributed by atoms with van der Waals surface area (Å²) in [5.41, 5.74) is 0.644. The second kappa shape index (κ2) is 6.00. The zero-order valence-corrected chi connectivity index (χ0v) is 9.62. The van der Waals surface area contributed by atoms with Gasteiger partial charge in [-0.1, -0.05) is 13.0 Å². The number of phenolic OH excluding ortho intramolecular Hbond substituents is 1. The van der Waals surface area contributed by atoms with Gasteiger partial charge in [0.25, 0.3) is 5.91 Å². The van der Waals surface area contributed by atoms with Gasteiger partial charge >= 0.3 is 0 Å². The Balaban J connectivity index is 2.48. The molecule has 1 amide bonds. The maximum absolute atomic E-state index is 11.3. The van der Waals surface area contributed by atoms with Gasteiger partial charge in [-0.3, -0.25) is 4.79 Å². The second-order valence-corrected chi connectivity index (χ2v) is 3.54. The molecule has 1 aromatic carbocycles. The van der Waals surface area contributed by atoms with Crippen LogP contribution >= 0.6 is 0 Å². The molecule has 1 rings (SSSR count). The molecule has 0 radical (unpaired) electrons. The van der Waals surface area contributed by atoms with Gasteiger partial charge in [0.2, 0.25) is 0 Å². The van der Waals surface area contributed by atoms with Crippen LogP contribution in [0.5, 0.6) is 11.5 Å². The average Bonchev–Trinajstić information content (AvgIpc) is 2.28. The Kier molecular flexibility index (Phi) is 4.64. The molecule has 4 heteroatoms.